The van der Waals surface area contributed by atoms with E-state index in [0.717, 1.165) is 25.5 Å². The molecule has 0 amide bonds. The number of nitrogens with one attached hydrogen (secondary N) is 1. The molecule has 1 aromatic rings. The molecule has 1 aromatic carbocycles. The summed E-state index contributed by atoms with van der Waals surface area (Å²) in [7, 11) is 0. The summed E-state index contributed by atoms with van der Waals surface area (Å²) < 4.78 is 32.1. The Kier molecular flexibility index (Phi) is 4.21. The number of benzene rings is 1. The summed E-state index contributed by atoms with van der Waals surface area (Å²) in [5.41, 5.74) is 0.504. The maximum absolute atomic E-state index is 13.2. The molecule has 0 bridgehead atoms. The van der Waals surface area contributed by atoms with E-state index >= 15 is 0 Å². The SMILES string of the molecule is CC(NC1CCOC(C)(C)C1)c1cc(F)cc(F)c1. The standard InChI is InChI=1S/C15H21F2NO/c1-10(11-6-12(16)8-13(17)7-11)18-14-4-5-19-15(2,3)9-14/h6-8,10,14,18H,4-5,9H2,1-3H3. The molecular weight excluding hydrogens is 248 g/mol. The molecule has 1 heterocycles. The highest BCUT2D eigenvalue weighted by molar-refractivity contribution is 5.21. The van der Waals surface area contributed by atoms with E-state index in [1.54, 1.807) is 0 Å². The van der Waals surface area contributed by atoms with E-state index in [-0.39, 0.29) is 11.6 Å². The molecule has 19 heavy (non-hydrogen) atoms. The van der Waals surface area contributed by atoms with Gasteiger partial charge in [-0.25, -0.2) is 8.78 Å². The van der Waals surface area contributed by atoms with Crippen molar-refractivity contribution >= 4 is 0 Å². The lowest BCUT2D eigenvalue weighted by Gasteiger charge is -2.37. The quantitative estimate of drug-likeness (QED) is 0.905. The minimum Gasteiger partial charge on any atom is -0.375 e. The lowest BCUT2D eigenvalue weighted by Crippen LogP contribution is -2.44. The van der Waals surface area contributed by atoms with E-state index in [9.17, 15) is 8.78 Å². The van der Waals surface area contributed by atoms with Crippen molar-refractivity contribution in [2.75, 3.05) is 6.61 Å². The summed E-state index contributed by atoms with van der Waals surface area (Å²) in [5, 5.41) is 3.43. The molecule has 2 atom stereocenters. The number of halogens is 2. The van der Waals surface area contributed by atoms with Crippen LogP contribution in [0.5, 0.6) is 0 Å². The third kappa shape index (κ3) is 3.98. The lowest BCUT2D eigenvalue weighted by molar-refractivity contribution is -0.0640. The van der Waals surface area contributed by atoms with Crippen LogP contribution >= 0.6 is 0 Å². The Morgan fingerprint density at radius 1 is 1.26 bits per heavy atom. The first-order valence-electron chi connectivity index (χ1n) is 6.72. The van der Waals surface area contributed by atoms with Crippen LogP contribution in [0.25, 0.3) is 0 Å². The van der Waals surface area contributed by atoms with Crippen LogP contribution in [0, 0.1) is 11.6 Å². The van der Waals surface area contributed by atoms with Gasteiger partial charge in [-0.15, -0.1) is 0 Å². The van der Waals surface area contributed by atoms with Crippen LogP contribution in [-0.4, -0.2) is 18.2 Å². The number of ether oxygens (including phenoxy) is 1. The summed E-state index contributed by atoms with van der Waals surface area (Å²) in [6, 6.07) is 3.89. The van der Waals surface area contributed by atoms with Gasteiger partial charge in [0.2, 0.25) is 0 Å². The van der Waals surface area contributed by atoms with Gasteiger partial charge in [0, 0.05) is 24.8 Å². The summed E-state index contributed by atoms with van der Waals surface area (Å²) >= 11 is 0. The molecular formula is C15H21F2NO. The highest BCUT2D eigenvalue weighted by Gasteiger charge is 2.29. The minimum absolute atomic E-state index is 0.0795. The zero-order chi connectivity index (χ0) is 14.0. The van der Waals surface area contributed by atoms with Crippen molar-refractivity contribution in [2.24, 2.45) is 0 Å². The highest BCUT2D eigenvalue weighted by atomic mass is 19.1. The topological polar surface area (TPSA) is 21.3 Å². The molecule has 1 N–H and O–H groups in total. The van der Waals surface area contributed by atoms with Crippen molar-refractivity contribution in [3.63, 3.8) is 0 Å². The molecule has 0 spiro atoms. The summed E-state index contributed by atoms with van der Waals surface area (Å²) in [4.78, 5) is 0. The minimum atomic E-state index is -0.532. The van der Waals surface area contributed by atoms with E-state index in [1.165, 1.54) is 12.1 Å². The first-order valence-corrected chi connectivity index (χ1v) is 6.72. The largest absolute Gasteiger partial charge is 0.375 e. The first-order chi connectivity index (χ1) is 8.85. The van der Waals surface area contributed by atoms with Crippen molar-refractivity contribution in [3.05, 3.63) is 35.4 Å². The van der Waals surface area contributed by atoms with Crippen molar-refractivity contribution in [1.82, 2.24) is 5.32 Å². The fraction of sp³-hybridized carbons (Fsp3) is 0.600. The average molecular weight is 269 g/mol. The Hall–Kier alpha value is -1.00. The summed E-state index contributed by atoms with van der Waals surface area (Å²) in [6.07, 6.45) is 1.82. The van der Waals surface area contributed by atoms with Crippen LogP contribution in [0.15, 0.2) is 18.2 Å². The Morgan fingerprint density at radius 3 is 2.47 bits per heavy atom. The van der Waals surface area contributed by atoms with Crippen molar-refractivity contribution in [3.8, 4) is 0 Å². The summed E-state index contributed by atoms with van der Waals surface area (Å²) in [6.45, 7) is 6.77. The van der Waals surface area contributed by atoms with Crippen LogP contribution < -0.4 is 5.32 Å². The molecule has 1 fully saturated rings. The van der Waals surface area contributed by atoms with Crippen molar-refractivity contribution in [1.29, 1.82) is 0 Å². The lowest BCUT2D eigenvalue weighted by atomic mass is 9.93. The molecule has 2 unspecified atom stereocenters. The Balaban J connectivity index is 2.02. The van der Waals surface area contributed by atoms with E-state index in [1.807, 2.05) is 6.92 Å². The normalized spacial score (nSPS) is 24.2. The van der Waals surface area contributed by atoms with Gasteiger partial charge >= 0.3 is 0 Å². The fourth-order valence-corrected chi connectivity index (χ4v) is 2.65. The second-order valence-electron chi connectivity index (χ2n) is 5.89. The molecule has 1 aliphatic rings. The third-order valence-electron chi connectivity index (χ3n) is 3.57. The second kappa shape index (κ2) is 5.55. The molecule has 2 nitrogen and oxygen atoms in total. The van der Waals surface area contributed by atoms with E-state index in [0.29, 0.717) is 11.6 Å². The van der Waals surface area contributed by atoms with Crippen molar-refractivity contribution < 1.29 is 13.5 Å². The molecule has 0 radical (unpaired) electrons. The maximum atomic E-state index is 13.2. The molecule has 2 rings (SSSR count). The number of hydrogen-bond acceptors (Lipinski definition) is 2. The van der Waals surface area contributed by atoms with Gasteiger partial charge in [-0.2, -0.15) is 0 Å². The Bertz CT molecular complexity index is 428. The zero-order valence-corrected chi connectivity index (χ0v) is 11.7. The maximum Gasteiger partial charge on any atom is 0.126 e. The number of rotatable bonds is 3. The molecule has 4 heteroatoms. The Morgan fingerprint density at radius 2 is 1.89 bits per heavy atom. The molecule has 1 aliphatic heterocycles. The average Bonchev–Trinajstić information content (AvgIpc) is 2.26. The van der Waals surface area contributed by atoms with Gasteiger partial charge in [0.25, 0.3) is 0 Å². The molecule has 0 aromatic heterocycles. The monoisotopic (exact) mass is 269 g/mol. The van der Waals surface area contributed by atoms with Gasteiger partial charge in [0.1, 0.15) is 11.6 Å². The zero-order valence-electron chi connectivity index (χ0n) is 11.7. The van der Waals surface area contributed by atoms with Crippen LogP contribution in [0.2, 0.25) is 0 Å². The summed E-state index contributed by atoms with van der Waals surface area (Å²) in [5.74, 6) is -1.06. The van der Waals surface area contributed by atoms with Gasteiger partial charge in [-0.3, -0.25) is 0 Å². The van der Waals surface area contributed by atoms with Crippen LogP contribution in [0.1, 0.15) is 45.2 Å². The van der Waals surface area contributed by atoms with E-state index in [2.05, 4.69) is 19.2 Å². The molecule has 1 saturated heterocycles. The van der Waals surface area contributed by atoms with Crippen LogP contribution in [0.4, 0.5) is 8.78 Å². The molecule has 106 valence electrons. The van der Waals surface area contributed by atoms with Crippen LogP contribution in [-0.2, 0) is 4.74 Å². The smallest absolute Gasteiger partial charge is 0.126 e. The number of hydrogen-bond donors (Lipinski definition) is 1. The fourth-order valence-electron chi connectivity index (χ4n) is 2.65. The van der Waals surface area contributed by atoms with Gasteiger partial charge in [-0.05, 0) is 51.3 Å². The van der Waals surface area contributed by atoms with Gasteiger partial charge in [0.05, 0.1) is 5.60 Å². The molecule has 0 saturated carbocycles. The van der Waals surface area contributed by atoms with E-state index in [4.69, 9.17) is 4.74 Å². The van der Waals surface area contributed by atoms with Crippen molar-refractivity contribution in [2.45, 2.75) is 51.3 Å². The van der Waals surface area contributed by atoms with Gasteiger partial charge < -0.3 is 10.1 Å². The molecule has 0 aliphatic carbocycles. The Labute approximate surface area is 113 Å². The third-order valence-corrected chi connectivity index (χ3v) is 3.57. The van der Waals surface area contributed by atoms with Gasteiger partial charge in [0.15, 0.2) is 0 Å². The second-order valence-corrected chi connectivity index (χ2v) is 5.89. The predicted molar refractivity (Wildman–Crippen MR) is 71.0 cm³/mol. The van der Waals surface area contributed by atoms with Crippen LogP contribution in [0.3, 0.4) is 0 Å². The first kappa shape index (κ1) is 14.4. The van der Waals surface area contributed by atoms with E-state index < -0.39 is 11.6 Å². The van der Waals surface area contributed by atoms with Gasteiger partial charge in [-0.1, -0.05) is 0 Å². The highest BCUT2D eigenvalue weighted by Crippen LogP contribution is 2.26. The predicted octanol–water partition coefficient (Wildman–Crippen LogP) is 3.57.